The summed E-state index contributed by atoms with van der Waals surface area (Å²) < 4.78 is 0. The first-order valence-electron chi connectivity index (χ1n) is 5.74. The van der Waals surface area contributed by atoms with Crippen LogP contribution in [0.15, 0.2) is 48.7 Å². The van der Waals surface area contributed by atoms with Gasteiger partial charge in [0.05, 0.1) is 0 Å². The minimum atomic E-state index is 0.181. The highest BCUT2D eigenvalue weighted by Gasteiger charge is 2.06. The van der Waals surface area contributed by atoms with Crippen LogP contribution in [0, 0.1) is 0 Å². The molecule has 18 heavy (non-hydrogen) atoms. The Morgan fingerprint density at radius 2 is 2.00 bits per heavy atom. The smallest absolute Gasteiger partial charge is 0.127 e. The van der Waals surface area contributed by atoms with Gasteiger partial charge in [-0.05, 0) is 24.6 Å². The lowest BCUT2D eigenvalue weighted by Gasteiger charge is -2.15. The van der Waals surface area contributed by atoms with Gasteiger partial charge in [-0.3, -0.25) is 0 Å². The first kappa shape index (κ1) is 12.5. The highest BCUT2D eigenvalue weighted by molar-refractivity contribution is 7.80. The fourth-order valence-electron chi connectivity index (χ4n) is 1.71. The summed E-state index contributed by atoms with van der Waals surface area (Å²) in [6.45, 7) is 2.09. The van der Waals surface area contributed by atoms with E-state index in [4.69, 9.17) is 18.0 Å². The number of aromatic nitrogens is 1. The molecule has 2 aromatic rings. The number of nitrogens with zero attached hydrogens (tertiary/aromatic N) is 1. The van der Waals surface area contributed by atoms with Gasteiger partial charge >= 0.3 is 0 Å². The molecule has 4 heteroatoms. The van der Waals surface area contributed by atoms with Crippen molar-refractivity contribution in [3.05, 3.63) is 59.8 Å². The highest BCUT2D eigenvalue weighted by Crippen LogP contribution is 2.17. The van der Waals surface area contributed by atoms with E-state index >= 15 is 0 Å². The molecule has 0 fully saturated rings. The van der Waals surface area contributed by atoms with Crippen LogP contribution in [0.1, 0.15) is 24.1 Å². The molecule has 3 N–H and O–H groups in total. The third-order valence-corrected chi connectivity index (χ3v) is 2.94. The van der Waals surface area contributed by atoms with Gasteiger partial charge in [0.25, 0.3) is 0 Å². The van der Waals surface area contributed by atoms with Crippen LogP contribution in [0.2, 0.25) is 0 Å². The van der Waals surface area contributed by atoms with Crippen molar-refractivity contribution in [2.24, 2.45) is 5.73 Å². The zero-order valence-electron chi connectivity index (χ0n) is 10.1. The predicted octanol–water partition coefficient (Wildman–Crippen LogP) is 2.89. The lowest BCUT2D eigenvalue weighted by molar-refractivity contribution is 0.874. The summed E-state index contributed by atoms with van der Waals surface area (Å²) in [4.78, 5) is 4.64. The Hall–Kier alpha value is -1.94. The van der Waals surface area contributed by atoms with Crippen LogP contribution in [0.3, 0.4) is 0 Å². The van der Waals surface area contributed by atoms with Gasteiger partial charge in [0, 0.05) is 17.8 Å². The van der Waals surface area contributed by atoms with E-state index in [2.05, 4.69) is 29.4 Å². The molecule has 0 aliphatic carbocycles. The van der Waals surface area contributed by atoms with E-state index in [1.54, 1.807) is 12.3 Å². The lowest BCUT2D eigenvalue weighted by atomic mass is 10.1. The normalized spacial score (nSPS) is 11.8. The van der Waals surface area contributed by atoms with E-state index < -0.39 is 0 Å². The van der Waals surface area contributed by atoms with Crippen molar-refractivity contribution in [1.29, 1.82) is 0 Å². The van der Waals surface area contributed by atoms with E-state index in [-0.39, 0.29) is 6.04 Å². The van der Waals surface area contributed by atoms with Crippen LogP contribution < -0.4 is 11.1 Å². The Morgan fingerprint density at radius 1 is 1.28 bits per heavy atom. The Bertz CT molecular complexity index is 540. The molecule has 1 aromatic carbocycles. The molecule has 92 valence electrons. The number of benzene rings is 1. The Balaban J connectivity index is 2.14. The maximum atomic E-state index is 5.60. The number of hydrogen-bond acceptors (Lipinski definition) is 3. The quantitative estimate of drug-likeness (QED) is 0.827. The molecule has 0 saturated carbocycles. The largest absolute Gasteiger partial charge is 0.389 e. The van der Waals surface area contributed by atoms with Gasteiger partial charge in [0.15, 0.2) is 0 Å². The van der Waals surface area contributed by atoms with Crippen molar-refractivity contribution >= 4 is 23.0 Å². The minimum absolute atomic E-state index is 0.181. The van der Waals surface area contributed by atoms with Gasteiger partial charge < -0.3 is 11.1 Å². The summed E-state index contributed by atoms with van der Waals surface area (Å²) in [5, 5.41) is 3.33. The van der Waals surface area contributed by atoms with Gasteiger partial charge in [-0.15, -0.1) is 0 Å². The molecule has 0 radical (unpaired) electrons. The molecular formula is C14H15N3S. The molecule has 1 unspecified atom stereocenters. The van der Waals surface area contributed by atoms with Gasteiger partial charge in [0.2, 0.25) is 0 Å². The summed E-state index contributed by atoms with van der Waals surface area (Å²) in [7, 11) is 0. The summed E-state index contributed by atoms with van der Waals surface area (Å²) in [5.41, 5.74) is 7.63. The van der Waals surface area contributed by atoms with E-state index in [0.29, 0.717) is 4.99 Å². The fourth-order valence-corrected chi connectivity index (χ4v) is 1.84. The van der Waals surface area contributed by atoms with Crippen molar-refractivity contribution in [2.75, 3.05) is 5.32 Å². The Kier molecular flexibility index (Phi) is 3.89. The molecule has 0 amide bonds. The molecular weight excluding hydrogens is 242 g/mol. The summed E-state index contributed by atoms with van der Waals surface area (Å²) in [5.74, 6) is 0.775. The van der Waals surface area contributed by atoms with Crippen molar-refractivity contribution in [2.45, 2.75) is 13.0 Å². The summed E-state index contributed by atoms with van der Waals surface area (Å²) >= 11 is 4.95. The number of pyridine rings is 1. The van der Waals surface area contributed by atoms with Crippen LogP contribution in [-0.2, 0) is 0 Å². The monoisotopic (exact) mass is 257 g/mol. The van der Waals surface area contributed by atoms with Crippen molar-refractivity contribution in [3.63, 3.8) is 0 Å². The average molecular weight is 257 g/mol. The Morgan fingerprint density at radius 3 is 2.67 bits per heavy atom. The van der Waals surface area contributed by atoms with Crippen molar-refractivity contribution in [1.82, 2.24) is 4.98 Å². The molecule has 1 heterocycles. The van der Waals surface area contributed by atoms with Gasteiger partial charge in [-0.2, -0.15) is 0 Å². The van der Waals surface area contributed by atoms with E-state index in [1.165, 1.54) is 5.56 Å². The SMILES string of the molecule is CC(Nc1cc(C(N)=S)ccn1)c1ccccc1. The second kappa shape index (κ2) is 5.60. The zero-order chi connectivity index (χ0) is 13.0. The number of anilines is 1. The summed E-state index contributed by atoms with van der Waals surface area (Å²) in [6, 6.07) is 14.0. The first-order chi connectivity index (χ1) is 8.66. The van der Waals surface area contributed by atoms with Crippen LogP contribution >= 0.6 is 12.2 Å². The number of thiocarbonyl (C=S) groups is 1. The van der Waals surface area contributed by atoms with E-state index in [9.17, 15) is 0 Å². The minimum Gasteiger partial charge on any atom is -0.389 e. The molecule has 0 aliphatic heterocycles. The second-order valence-electron chi connectivity index (χ2n) is 4.07. The van der Waals surface area contributed by atoms with E-state index in [0.717, 1.165) is 11.4 Å². The number of nitrogens with two attached hydrogens (primary N) is 1. The fraction of sp³-hybridized carbons (Fsp3) is 0.143. The standard InChI is InChI=1S/C14H15N3S/c1-10(11-5-3-2-4-6-11)17-13-9-12(14(15)18)7-8-16-13/h2-10H,1H3,(H2,15,18)(H,16,17). The molecule has 0 bridgehead atoms. The van der Waals surface area contributed by atoms with Crippen LogP contribution in [0.25, 0.3) is 0 Å². The lowest BCUT2D eigenvalue weighted by Crippen LogP contribution is -2.12. The molecule has 1 atom stereocenters. The predicted molar refractivity (Wildman–Crippen MR) is 78.6 cm³/mol. The second-order valence-corrected chi connectivity index (χ2v) is 4.51. The molecule has 0 saturated heterocycles. The molecule has 0 spiro atoms. The number of nitrogens with one attached hydrogen (secondary N) is 1. The third-order valence-electron chi connectivity index (χ3n) is 2.71. The zero-order valence-corrected chi connectivity index (χ0v) is 10.9. The average Bonchev–Trinajstić information content (AvgIpc) is 2.40. The molecule has 3 nitrogen and oxygen atoms in total. The molecule has 0 aliphatic rings. The van der Waals surface area contributed by atoms with Crippen LogP contribution in [-0.4, -0.2) is 9.97 Å². The topological polar surface area (TPSA) is 50.9 Å². The Labute approximate surface area is 112 Å². The van der Waals surface area contributed by atoms with Crippen molar-refractivity contribution in [3.8, 4) is 0 Å². The van der Waals surface area contributed by atoms with Crippen LogP contribution in [0.4, 0.5) is 5.82 Å². The third kappa shape index (κ3) is 3.05. The number of rotatable bonds is 4. The molecule has 2 rings (SSSR count). The van der Waals surface area contributed by atoms with Crippen molar-refractivity contribution < 1.29 is 0 Å². The maximum Gasteiger partial charge on any atom is 0.127 e. The number of hydrogen-bond donors (Lipinski definition) is 2. The van der Waals surface area contributed by atoms with Crippen LogP contribution in [0.5, 0.6) is 0 Å². The first-order valence-corrected chi connectivity index (χ1v) is 6.15. The highest BCUT2D eigenvalue weighted by atomic mass is 32.1. The van der Waals surface area contributed by atoms with E-state index in [1.807, 2.05) is 24.3 Å². The van der Waals surface area contributed by atoms with Gasteiger partial charge in [-0.1, -0.05) is 42.5 Å². The van der Waals surface area contributed by atoms with Gasteiger partial charge in [-0.25, -0.2) is 4.98 Å². The molecule has 1 aromatic heterocycles. The maximum absolute atomic E-state index is 5.60. The van der Waals surface area contributed by atoms with Gasteiger partial charge in [0.1, 0.15) is 10.8 Å². The summed E-state index contributed by atoms with van der Waals surface area (Å²) in [6.07, 6.45) is 1.70.